The number of ether oxygens (including phenoxy) is 1. The maximum atomic E-state index is 11.0. The van der Waals surface area contributed by atoms with Crippen molar-refractivity contribution >= 4 is 11.9 Å². The quantitative estimate of drug-likeness (QED) is 0.733. The number of nitrogens with two attached hydrogens (primary N) is 1. The van der Waals surface area contributed by atoms with E-state index in [1.807, 2.05) is 6.92 Å². The van der Waals surface area contributed by atoms with Crippen molar-refractivity contribution in [3.8, 4) is 0 Å². The van der Waals surface area contributed by atoms with E-state index in [9.17, 15) is 9.59 Å². The molecule has 1 unspecified atom stereocenters. The highest BCUT2D eigenvalue weighted by Crippen LogP contribution is 2.27. The van der Waals surface area contributed by atoms with Crippen LogP contribution in [-0.2, 0) is 14.3 Å². The summed E-state index contributed by atoms with van der Waals surface area (Å²) in [7, 11) is 0. The fraction of sp³-hybridized carbons (Fsp3) is 0.818. The van der Waals surface area contributed by atoms with Gasteiger partial charge in [-0.25, -0.2) is 0 Å². The molecule has 1 aliphatic carbocycles. The zero-order valence-electron chi connectivity index (χ0n) is 9.52. The molecule has 0 spiro atoms. The van der Waals surface area contributed by atoms with E-state index in [1.54, 1.807) is 0 Å². The van der Waals surface area contributed by atoms with Gasteiger partial charge in [-0.05, 0) is 32.1 Å². The minimum Gasteiger partial charge on any atom is -0.481 e. The third-order valence-corrected chi connectivity index (χ3v) is 3.07. The second-order valence-corrected chi connectivity index (χ2v) is 4.25. The minimum absolute atomic E-state index is 0.0203. The highest BCUT2D eigenvalue weighted by atomic mass is 16.5. The van der Waals surface area contributed by atoms with Crippen molar-refractivity contribution in [3.05, 3.63) is 0 Å². The Balaban J connectivity index is 2.36. The van der Waals surface area contributed by atoms with E-state index in [0.717, 1.165) is 0 Å². The lowest BCUT2D eigenvalue weighted by Gasteiger charge is -2.28. The third-order valence-electron chi connectivity index (χ3n) is 3.07. The van der Waals surface area contributed by atoms with Crippen molar-refractivity contribution in [1.29, 1.82) is 0 Å². The Morgan fingerprint density at radius 1 is 1.38 bits per heavy atom. The van der Waals surface area contributed by atoms with Gasteiger partial charge in [-0.15, -0.1) is 0 Å². The van der Waals surface area contributed by atoms with Crippen molar-refractivity contribution in [2.75, 3.05) is 0 Å². The summed E-state index contributed by atoms with van der Waals surface area (Å²) in [5.41, 5.74) is 5.18. The molecule has 1 atom stereocenters. The highest BCUT2D eigenvalue weighted by Gasteiger charge is 2.28. The van der Waals surface area contributed by atoms with Crippen molar-refractivity contribution in [2.24, 2.45) is 11.7 Å². The lowest BCUT2D eigenvalue weighted by molar-refractivity contribution is -0.146. The summed E-state index contributed by atoms with van der Waals surface area (Å²) in [6, 6.07) is 0. The molecule has 1 fully saturated rings. The van der Waals surface area contributed by atoms with Gasteiger partial charge in [0, 0.05) is 0 Å². The zero-order valence-corrected chi connectivity index (χ0v) is 9.52. The van der Waals surface area contributed by atoms with E-state index in [4.69, 9.17) is 15.6 Å². The average Bonchev–Trinajstić information content (AvgIpc) is 2.26. The monoisotopic (exact) mass is 229 g/mol. The summed E-state index contributed by atoms with van der Waals surface area (Å²) in [4.78, 5) is 21.7. The summed E-state index contributed by atoms with van der Waals surface area (Å²) in [6.45, 7) is 1.85. The maximum Gasteiger partial charge on any atom is 0.306 e. The number of carboxylic acids is 1. The summed E-state index contributed by atoms with van der Waals surface area (Å²) in [6.07, 6.45) is 2.64. The Morgan fingerprint density at radius 3 is 2.31 bits per heavy atom. The first-order valence-electron chi connectivity index (χ1n) is 5.72. The highest BCUT2D eigenvalue weighted by molar-refractivity contribution is 5.78. The van der Waals surface area contributed by atoms with Crippen molar-refractivity contribution < 1.29 is 19.4 Å². The molecule has 5 heteroatoms. The zero-order chi connectivity index (χ0) is 12.1. The Morgan fingerprint density at radius 2 is 1.94 bits per heavy atom. The van der Waals surface area contributed by atoms with Crippen LogP contribution in [0.2, 0.25) is 0 Å². The lowest BCUT2D eigenvalue weighted by atomic mass is 9.87. The van der Waals surface area contributed by atoms with Crippen LogP contribution in [0, 0.1) is 5.92 Å². The first-order valence-corrected chi connectivity index (χ1v) is 5.72. The molecule has 1 aliphatic rings. The standard InChI is InChI=1S/C11H19NO4/c1-2-9(10(12)13)16-8-5-3-7(4-6-8)11(14)15/h7-9H,2-6H2,1H3,(H2,12,13)(H,14,15). The molecule has 1 amide bonds. The maximum absolute atomic E-state index is 11.0. The minimum atomic E-state index is -0.736. The van der Waals surface area contributed by atoms with E-state index in [-0.39, 0.29) is 12.0 Å². The fourth-order valence-electron chi connectivity index (χ4n) is 2.04. The molecule has 92 valence electrons. The van der Waals surface area contributed by atoms with Crippen molar-refractivity contribution in [2.45, 2.75) is 51.2 Å². The number of aliphatic carboxylic acids is 1. The van der Waals surface area contributed by atoms with Gasteiger partial charge in [-0.1, -0.05) is 6.92 Å². The molecular formula is C11H19NO4. The van der Waals surface area contributed by atoms with Crippen LogP contribution in [0.15, 0.2) is 0 Å². The molecule has 0 aromatic heterocycles. The van der Waals surface area contributed by atoms with Gasteiger partial charge in [0.2, 0.25) is 5.91 Å². The Hall–Kier alpha value is -1.10. The number of hydrogen-bond donors (Lipinski definition) is 2. The molecule has 0 aromatic carbocycles. The van der Waals surface area contributed by atoms with Gasteiger partial charge in [0.25, 0.3) is 0 Å². The first-order chi connectivity index (χ1) is 7.54. The van der Waals surface area contributed by atoms with Gasteiger partial charge in [0.15, 0.2) is 0 Å². The molecule has 1 saturated carbocycles. The second-order valence-electron chi connectivity index (χ2n) is 4.25. The molecule has 0 bridgehead atoms. The van der Waals surface area contributed by atoms with Gasteiger partial charge in [-0.3, -0.25) is 9.59 Å². The van der Waals surface area contributed by atoms with E-state index < -0.39 is 18.0 Å². The third kappa shape index (κ3) is 3.48. The molecule has 5 nitrogen and oxygen atoms in total. The van der Waals surface area contributed by atoms with Crippen molar-refractivity contribution in [1.82, 2.24) is 0 Å². The summed E-state index contributed by atoms with van der Waals surface area (Å²) in [5, 5.41) is 8.83. The largest absolute Gasteiger partial charge is 0.481 e. The van der Waals surface area contributed by atoms with Gasteiger partial charge in [-0.2, -0.15) is 0 Å². The van der Waals surface area contributed by atoms with Crippen LogP contribution >= 0.6 is 0 Å². The van der Waals surface area contributed by atoms with Crippen LogP contribution in [-0.4, -0.2) is 29.2 Å². The molecule has 3 N–H and O–H groups in total. The SMILES string of the molecule is CCC(OC1CCC(C(=O)O)CC1)C(N)=O. The van der Waals surface area contributed by atoms with E-state index in [2.05, 4.69) is 0 Å². The van der Waals surface area contributed by atoms with Crippen LogP contribution < -0.4 is 5.73 Å². The topological polar surface area (TPSA) is 89.6 Å². The summed E-state index contributed by atoms with van der Waals surface area (Å²) >= 11 is 0. The number of hydrogen-bond acceptors (Lipinski definition) is 3. The number of rotatable bonds is 5. The lowest BCUT2D eigenvalue weighted by Crippen LogP contribution is -2.36. The number of carboxylic acid groups (broad SMARTS) is 1. The van der Waals surface area contributed by atoms with E-state index in [1.165, 1.54) is 0 Å². The predicted molar refractivity (Wildman–Crippen MR) is 57.7 cm³/mol. The molecule has 1 rings (SSSR count). The van der Waals surface area contributed by atoms with E-state index in [0.29, 0.717) is 32.1 Å². The van der Waals surface area contributed by atoms with Gasteiger partial charge < -0.3 is 15.6 Å². The smallest absolute Gasteiger partial charge is 0.306 e. The average molecular weight is 229 g/mol. The first kappa shape index (κ1) is 13.0. The molecule has 0 heterocycles. The van der Waals surface area contributed by atoms with Crippen molar-refractivity contribution in [3.63, 3.8) is 0 Å². The van der Waals surface area contributed by atoms with Gasteiger partial charge in [0.05, 0.1) is 12.0 Å². The number of primary amides is 1. The number of carbonyl (C=O) groups is 2. The van der Waals surface area contributed by atoms with Crippen LogP contribution in [0.25, 0.3) is 0 Å². The fourth-order valence-corrected chi connectivity index (χ4v) is 2.04. The molecule has 0 aliphatic heterocycles. The molecular weight excluding hydrogens is 210 g/mol. The second kappa shape index (κ2) is 5.84. The summed E-state index contributed by atoms with van der Waals surface area (Å²) in [5.74, 6) is -1.43. The number of carbonyl (C=O) groups excluding carboxylic acids is 1. The number of amides is 1. The predicted octanol–water partition coefficient (Wildman–Crippen LogP) is 0.910. The summed E-state index contributed by atoms with van der Waals surface area (Å²) < 4.78 is 5.56. The normalized spacial score (nSPS) is 27.3. The Kier molecular flexibility index (Phi) is 4.73. The van der Waals surface area contributed by atoms with Crippen LogP contribution in [0.3, 0.4) is 0 Å². The molecule has 0 saturated heterocycles. The molecule has 0 aromatic rings. The van der Waals surface area contributed by atoms with Crippen LogP contribution in [0.5, 0.6) is 0 Å². The van der Waals surface area contributed by atoms with E-state index >= 15 is 0 Å². The van der Waals surface area contributed by atoms with Gasteiger partial charge >= 0.3 is 5.97 Å². The Labute approximate surface area is 95.0 Å². The van der Waals surface area contributed by atoms with Crippen LogP contribution in [0.4, 0.5) is 0 Å². The Bertz CT molecular complexity index is 259. The van der Waals surface area contributed by atoms with Crippen LogP contribution in [0.1, 0.15) is 39.0 Å². The molecule has 16 heavy (non-hydrogen) atoms. The van der Waals surface area contributed by atoms with Gasteiger partial charge in [0.1, 0.15) is 6.10 Å². The molecule has 0 radical (unpaired) electrons.